The van der Waals surface area contributed by atoms with Crippen LogP contribution in [0, 0.1) is 0 Å². The molecule has 1 aliphatic heterocycles. The van der Waals surface area contributed by atoms with Crippen LogP contribution in [0.15, 0.2) is 72.8 Å². The molecule has 1 saturated heterocycles. The highest BCUT2D eigenvalue weighted by atomic mass is 32.2. The van der Waals surface area contributed by atoms with E-state index < -0.39 is 0 Å². The predicted octanol–water partition coefficient (Wildman–Crippen LogP) is 5.95. The Labute approximate surface area is 205 Å². The molecule has 1 heterocycles. The van der Waals surface area contributed by atoms with Crippen LogP contribution in [0.5, 0.6) is 5.75 Å². The number of carbonyl (C=O) groups excluding carboxylic acids is 2. The molecule has 0 aliphatic carbocycles. The fourth-order valence-corrected chi connectivity index (χ4v) is 5.11. The Hall–Kier alpha value is -3.25. The summed E-state index contributed by atoms with van der Waals surface area (Å²) in [7, 11) is 1.62. The predicted molar refractivity (Wildman–Crippen MR) is 140 cm³/mol. The van der Waals surface area contributed by atoms with Crippen molar-refractivity contribution >= 4 is 35.0 Å². The zero-order valence-electron chi connectivity index (χ0n) is 20.0. The van der Waals surface area contributed by atoms with Crippen LogP contribution in [0.3, 0.4) is 0 Å². The van der Waals surface area contributed by atoms with Crippen molar-refractivity contribution in [2.24, 2.45) is 0 Å². The Kier molecular flexibility index (Phi) is 6.98. The van der Waals surface area contributed by atoms with Gasteiger partial charge in [0.15, 0.2) is 0 Å². The van der Waals surface area contributed by atoms with Crippen LogP contribution in [-0.4, -0.2) is 24.7 Å². The molecule has 34 heavy (non-hydrogen) atoms. The molecule has 0 spiro atoms. The molecule has 6 heteroatoms. The Bertz CT molecular complexity index is 1150. The number of amides is 2. The van der Waals surface area contributed by atoms with Gasteiger partial charge in [-0.2, -0.15) is 0 Å². The average molecular weight is 475 g/mol. The average Bonchev–Trinajstić information content (AvgIpc) is 3.21. The molecule has 0 radical (unpaired) electrons. The van der Waals surface area contributed by atoms with Gasteiger partial charge in [-0.05, 0) is 58.5 Å². The van der Waals surface area contributed by atoms with Gasteiger partial charge in [-0.25, -0.2) is 0 Å². The van der Waals surface area contributed by atoms with Gasteiger partial charge in [-0.15, -0.1) is 11.8 Å². The lowest BCUT2D eigenvalue weighted by atomic mass is 9.87. The van der Waals surface area contributed by atoms with Crippen LogP contribution >= 0.6 is 11.8 Å². The summed E-state index contributed by atoms with van der Waals surface area (Å²) in [5.41, 5.74) is 4.90. The number of anilines is 2. The van der Waals surface area contributed by atoms with Crippen LogP contribution in [-0.2, 0) is 21.4 Å². The van der Waals surface area contributed by atoms with E-state index in [2.05, 4.69) is 38.2 Å². The van der Waals surface area contributed by atoms with E-state index in [4.69, 9.17) is 4.74 Å². The summed E-state index contributed by atoms with van der Waals surface area (Å²) in [6.45, 7) is 6.54. The molecule has 176 valence electrons. The number of nitrogens with one attached hydrogen (secondary N) is 1. The summed E-state index contributed by atoms with van der Waals surface area (Å²) >= 11 is 1.62. The fourth-order valence-electron chi connectivity index (χ4n) is 3.94. The van der Waals surface area contributed by atoms with Gasteiger partial charge in [-0.3, -0.25) is 14.5 Å². The third kappa shape index (κ3) is 5.45. The quantitative estimate of drug-likeness (QED) is 0.479. The fraction of sp³-hybridized carbons (Fsp3) is 0.286. The molecule has 5 nitrogen and oxygen atoms in total. The molecular formula is C28H30N2O3S. The monoisotopic (exact) mass is 474 g/mol. The second kappa shape index (κ2) is 9.94. The van der Waals surface area contributed by atoms with Crippen LogP contribution in [0.2, 0.25) is 0 Å². The zero-order valence-corrected chi connectivity index (χ0v) is 20.8. The normalized spacial score (nSPS) is 15.9. The van der Waals surface area contributed by atoms with Crippen molar-refractivity contribution in [3.63, 3.8) is 0 Å². The number of methoxy groups -OCH3 is 1. The summed E-state index contributed by atoms with van der Waals surface area (Å²) < 4.78 is 5.16. The Balaban J connectivity index is 1.43. The summed E-state index contributed by atoms with van der Waals surface area (Å²) in [5.74, 6) is 1.24. The number of ether oxygens (including phenoxy) is 1. The van der Waals surface area contributed by atoms with Crippen molar-refractivity contribution in [3.05, 3.63) is 89.5 Å². The summed E-state index contributed by atoms with van der Waals surface area (Å²) in [6, 6.07) is 23.5. The first kappa shape index (κ1) is 23.9. The minimum Gasteiger partial charge on any atom is -0.497 e. The van der Waals surface area contributed by atoms with E-state index in [0.29, 0.717) is 5.75 Å². The van der Waals surface area contributed by atoms with Gasteiger partial charge >= 0.3 is 0 Å². The third-order valence-corrected chi connectivity index (χ3v) is 7.10. The van der Waals surface area contributed by atoms with Gasteiger partial charge < -0.3 is 10.1 Å². The smallest absolute Gasteiger partial charge is 0.238 e. The maximum Gasteiger partial charge on any atom is 0.238 e. The molecular weight excluding hydrogens is 444 g/mol. The van der Waals surface area contributed by atoms with Crippen LogP contribution in [0.1, 0.15) is 42.8 Å². The number of rotatable bonds is 6. The van der Waals surface area contributed by atoms with E-state index in [-0.39, 0.29) is 29.0 Å². The maximum atomic E-state index is 12.7. The minimum absolute atomic E-state index is 0.0648. The largest absolute Gasteiger partial charge is 0.497 e. The molecule has 3 aromatic rings. The number of benzene rings is 3. The molecule has 3 aromatic carbocycles. The maximum absolute atomic E-state index is 12.7. The first-order chi connectivity index (χ1) is 16.2. The number of hydrogen-bond donors (Lipinski definition) is 1. The Morgan fingerprint density at radius 1 is 1.00 bits per heavy atom. The molecule has 4 rings (SSSR count). The number of nitrogens with zero attached hydrogens (tertiary/aromatic N) is 1. The van der Waals surface area contributed by atoms with E-state index in [1.54, 1.807) is 18.9 Å². The standard InChI is InChI=1S/C28H30N2O3S/c1-28(2,3)21-9-13-23(14-10-21)30-26(32)18-34-27(30)20-7-11-22(12-8-20)29-25(31)17-19-5-15-24(33-4)16-6-19/h5-16,27H,17-18H2,1-4H3,(H,29,31)/t27-/m1/s1. The number of thioether (sulfide) groups is 1. The molecule has 1 N–H and O–H groups in total. The van der Waals surface area contributed by atoms with Gasteiger partial charge in [0.25, 0.3) is 0 Å². The molecule has 1 fully saturated rings. The first-order valence-electron chi connectivity index (χ1n) is 11.3. The van der Waals surface area contributed by atoms with Gasteiger partial charge in [0.2, 0.25) is 11.8 Å². The number of hydrogen-bond acceptors (Lipinski definition) is 4. The van der Waals surface area contributed by atoms with Gasteiger partial charge in [0.05, 0.1) is 19.3 Å². The van der Waals surface area contributed by atoms with E-state index in [1.165, 1.54) is 5.56 Å². The molecule has 1 atom stereocenters. The molecule has 0 saturated carbocycles. The van der Waals surface area contributed by atoms with Crippen molar-refractivity contribution in [1.82, 2.24) is 0 Å². The summed E-state index contributed by atoms with van der Waals surface area (Å²) in [5, 5.41) is 2.87. The summed E-state index contributed by atoms with van der Waals surface area (Å²) in [6.07, 6.45) is 0.289. The Morgan fingerprint density at radius 2 is 1.65 bits per heavy atom. The SMILES string of the molecule is COc1ccc(CC(=O)Nc2ccc([C@H]3SCC(=O)N3c3ccc(C(C)(C)C)cc3)cc2)cc1. The van der Waals surface area contributed by atoms with Crippen molar-refractivity contribution in [3.8, 4) is 5.75 Å². The van der Waals surface area contributed by atoms with Gasteiger partial charge in [-0.1, -0.05) is 57.2 Å². The van der Waals surface area contributed by atoms with E-state index >= 15 is 0 Å². The highest BCUT2D eigenvalue weighted by Gasteiger charge is 2.34. The lowest BCUT2D eigenvalue weighted by Crippen LogP contribution is -2.28. The second-order valence-corrected chi connectivity index (χ2v) is 10.5. The Morgan fingerprint density at radius 3 is 2.24 bits per heavy atom. The topological polar surface area (TPSA) is 58.6 Å². The van der Waals surface area contributed by atoms with E-state index in [1.807, 2.05) is 65.6 Å². The van der Waals surface area contributed by atoms with E-state index in [0.717, 1.165) is 28.3 Å². The van der Waals surface area contributed by atoms with Gasteiger partial charge in [0.1, 0.15) is 11.1 Å². The van der Waals surface area contributed by atoms with Crippen molar-refractivity contribution < 1.29 is 14.3 Å². The highest BCUT2D eigenvalue weighted by molar-refractivity contribution is 8.00. The molecule has 2 amide bonds. The minimum atomic E-state index is -0.0861. The van der Waals surface area contributed by atoms with Crippen molar-refractivity contribution in [2.75, 3.05) is 23.1 Å². The zero-order chi connectivity index (χ0) is 24.3. The highest BCUT2D eigenvalue weighted by Crippen LogP contribution is 2.42. The lowest BCUT2D eigenvalue weighted by Gasteiger charge is -2.26. The lowest BCUT2D eigenvalue weighted by molar-refractivity contribution is -0.116. The molecule has 1 aliphatic rings. The first-order valence-corrected chi connectivity index (χ1v) is 12.4. The third-order valence-electron chi connectivity index (χ3n) is 5.88. The summed E-state index contributed by atoms with van der Waals surface area (Å²) in [4.78, 5) is 27.0. The molecule has 0 unspecified atom stereocenters. The van der Waals surface area contributed by atoms with Crippen LogP contribution in [0.4, 0.5) is 11.4 Å². The molecule has 0 aromatic heterocycles. The number of carbonyl (C=O) groups is 2. The van der Waals surface area contributed by atoms with Crippen molar-refractivity contribution in [2.45, 2.75) is 38.0 Å². The van der Waals surface area contributed by atoms with Crippen LogP contribution < -0.4 is 15.0 Å². The van der Waals surface area contributed by atoms with Crippen LogP contribution in [0.25, 0.3) is 0 Å². The van der Waals surface area contributed by atoms with E-state index in [9.17, 15) is 9.59 Å². The van der Waals surface area contributed by atoms with Crippen molar-refractivity contribution in [1.29, 1.82) is 0 Å². The second-order valence-electron chi connectivity index (χ2n) is 9.42. The van der Waals surface area contributed by atoms with Gasteiger partial charge in [0, 0.05) is 11.4 Å². The molecule has 0 bridgehead atoms.